The van der Waals surface area contributed by atoms with Gasteiger partial charge in [0.1, 0.15) is 10.6 Å². The highest BCUT2D eigenvalue weighted by molar-refractivity contribution is 7.92. The van der Waals surface area contributed by atoms with Crippen molar-refractivity contribution in [1.29, 1.82) is 0 Å². The van der Waals surface area contributed by atoms with Crippen LogP contribution >= 0.6 is 0 Å². The molecular weight excluding hydrogens is 260 g/mol. The number of hydrogen-bond acceptors (Lipinski definition) is 4. The van der Waals surface area contributed by atoms with Crippen molar-refractivity contribution < 1.29 is 18.3 Å². The molecule has 96 valence electrons. The van der Waals surface area contributed by atoms with Gasteiger partial charge in [0, 0.05) is 19.4 Å². The largest absolute Gasteiger partial charge is 0.477 e. The summed E-state index contributed by atoms with van der Waals surface area (Å²) in [5.41, 5.74) is 0.108. The summed E-state index contributed by atoms with van der Waals surface area (Å²) in [4.78, 5) is 12.9. The number of nitrogens with zero attached hydrogens (tertiary/aromatic N) is 2. The van der Waals surface area contributed by atoms with Gasteiger partial charge in [-0.1, -0.05) is 0 Å². The summed E-state index contributed by atoms with van der Waals surface area (Å²) in [6.45, 7) is 0. The van der Waals surface area contributed by atoms with E-state index < -0.39 is 16.0 Å². The van der Waals surface area contributed by atoms with E-state index in [0.29, 0.717) is 5.69 Å². The van der Waals surface area contributed by atoms with Crippen LogP contribution in [0.5, 0.6) is 0 Å². The van der Waals surface area contributed by atoms with E-state index in [9.17, 15) is 13.2 Å². The average Bonchev–Trinajstić information content (AvgIpc) is 2.86. The van der Waals surface area contributed by atoms with Crippen LogP contribution < -0.4 is 4.72 Å². The van der Waals surface area contributed by atoms with Gasteiger partial charge in [-0.15, -0.1) is 0 Å². The van der Waals surface area contributed by atoms with Crippen LogP contribution in [0.1, 0.15) is 10.5 Å². The van der Waals surface area contributed by atoms with Crippen molar-refractivity contribution in [3.8, 4) is 0 Å². The van der Waals surface area contributed by atoms with Crippen LogP contribution in [0.3, 0.4) is 0 Å². The van der Waals surface area contributed by atoms with E-state index in [1.54, 1.807) is 7.05 Å². The maximum atomic E-state index is 11.9. The first-order valence-electron chi connectivity index (χ1n) is 4.81. The molecule has 0 radical (unpaired) electrons. The van der Waals surface area contributed by atoms with E-state index in [4.69, 9.17) is 5.11 Å². The first-order valence-corrected chi connectivity index (χ1v) is 6.30. The SMILES string of the molecule is Cn1cc(NS(=O)(=O)c2c[nH]c(C(=O)O)c2)cn1. The maximum absolute atomic E-state index is 11.9. The molecule has 0 atom stereocenters. The highest BCUT2D eigenvalue weighted by Crippen LogP contribution is 2.16. The van der Waals surface area contributed by atoms with Gasteiger partial charge in [0.25, 0.3) is 10.0 Å². The predicted octanol–water partition coefficient (Wildman–Crippen LogP) is 0.247. The first kappa shape index (κ1) is 12.2. The summed E-state index contributed by atoms with van der Waals surface area (Å²) in [6.07, 6.45) is 3.95. The molecule has 0 bridgehead atoms. The fourth-order valence-electron chi connectivity index (χ4n) is 1.34. The van der Waals surface area contributed by atoms with Crippen molar-refractivity contribution >= 4 is 21.7 Å². The Kier molecular flexibility index (Phi) is 2.83. The second-order valence-electron chi connectivity index (χ2n) is 3.56. The monoisotopic (exact) mass is 270 g/mol. The summed E-state index contributed by atoms with van der Waals surface area (Å²) in [6, 6.07) is 1.04. The van der Waals surface area contributed by atoms with Gasteiger partial charge in [-0.2, -0.15) is 5.10 Å². The molecule has 18 heavy (non-hydrogen) atoms. The number of rotatable bonds is 4. The number of carbonyl (C=O) groups is 1. The number of aryl methyl sites for hydroxylation is 1. The molecule has 0 aliphatic carbocycles. The molecule has 2 rings (SSSR count). The molecule has 3 N–H and O–H groups in total. The zero-order valence-electron chi connectivity index (χ0n) is 9.28. The third kappa shape index (κ3) is 2.35. The third-order valence-electron chi connectivity index (χ3n) is 2.15. The molecule has 0 amide bonds. The summed E-state index contributed by atoms with van der Waals surface area (Å²) in [5, 5.41) is 12.5. The molecular formula is C9H10N4O4S. The van der Waals surface area contributed by atoms with Crippen molar-refractivity contribution in [2.45, 2.75) is 4.90 Å². The summed E-state index contributed by atoms with van der Waals surface area (Å²) in [7, 11) is -2.16. The number of carboxylic acids is 1. The Morgan fingerprint density at radius 1 is 1.56 bits per heavy atom. The number of sulfonamides is 1. The molecule has 2 heterocycles. The van der Waals surface area contributed by atoms with E-state index >= 15 is 0 Å². The fourth-order valence-corrected chi connectivity index (χ4v) is 2.36. The molecule has 2 aromatic rings. The Balaban J connectivity index is 2.27. The van der Waals surface area contributed by atoms with Gasteiger partial charge < -0.3 is 10.1 Å². The van der Waals surface area contributed by atoms with Crippen LogP contribution in [0.15, 0.2) is 29.6 Å². The lowest BCUT2D eigenvalue weighted by Crippen LogP contribution is -2.11. The number of aromatic nitrogens is 3. The molecule has 8 nitrogen and oxygen atoms in total. The first-order chi connectivity index (χ1) is 8.38. The van der Waals surface area contributed by atoms with E-state index in [0.717, 1.165) is 12.3 Å². The standard InChI is InChI=1S/C9H10N4O4S/c1-13-5-6(3-11-13)12-18(16,17)7-2-8(9(14)15)10-4-7/h2-5,10,12H,1H3,(H,14,15). The molecule has 0 spiro atoms. The predicted molar refractivity (Wildman–Crippen MR) is 61.8 cm³/mol. The van der Waals surface area contributed by atoms with Crippen molar-refractivity contribution in [3.05, 3.63) is 30.4 Å². The fraction of sp³-hybridized carbons (Fsp3) is 0.111. The van der Waals surface area contributed by atoms with Crippen LogP contribution in [-0.4, -0.2) is 34.3 Å². The van der Waals surface area contributed by atoms with Crippen LogP contribution in [0, 0.1) is 0 Å². The minimum atomic E-state index is -3.81. The number of anilines is 1. The maximum Gasteiger partial charge on any atom is 0.352 e. The van der Waals surface area contributed by atoms with E-state index in [2.05, 4.69) is 14.8 Å². The van der Waals surface area contributed by atoms with Crippen LogP contribution in [0.4, 0.5) is 5.69 Å². The number of carboxylic acid groups (broad SMARTS) is 1. The van der Waals surface area contributed by atoms with Crippen molar-refractivity contribution in [1.82, 2.24) is 14.8 Å². The Morgan fingerprint density at radius 2 is 2.28 bits per heavy atom. The Morgan fingerprint density at radius 3 is 2.78 bits per heavy atom. The lowest BCUT2D eigenvalue weighted by Gasteiger charge is -2.02. The van der Waals surface area contributed by atoms with Gasteiger partial charge in [0.2, 0.25) is 0 Å². The quantitative estimate of drug-likeness (QED) is 0.736. The molecule has 0 saturated heterocycles. The highest BCUT2D eigenvalue weighted by atomic mass is 32.2. The van der Waals surface area contributed by atoms with Gasteiger partial charge in [-0.25, -0.2) is 13.2 Å². The average molecular weight is 270 g/mol. The Labute approximate surface area is 102 Å². The second-order valence-corrected chi connectivity index (χ2v) is 5.24. The minimum Gasteiger partial charge on any atom is -0.477 e. The van der Waals surface area contributed by atoms with E-state index in [-0.39, 0.29) is 10.6 Å². The third-order valence-corrected chi connectivity index (χ3v) is 3.52. The lowest BCUT2D eigenvalue weighted by molar-refractivity contribution is 0.0691. The van der Waals surface area contributed by atoms with Crippen LogP contribution in [0.2, 0.25) is 0 Å². The summed E-state index contributed by atoms with van der Waals surface area (Å²) >= 11 is 0. The number of hydrogen-bond donors (Lipinski definition) is 3. The van der Waals surface area contributed by atoms with Crippen molar-refractivity contribution in [3.63, 3.8) is 0 Å². The van der Waals surface area contributed by atoms with Gasteiger partial charge in [-0.3, -0.25) is 9.40 Å². The van der Waals surface area contributed by atoms with Gasteiger partial charge in [0.15, 0.2) is 0 Å². The smallest absolute Gasteiger partial charge is 0.352 e. The van der Waals surface area contributed by atoms with Gasteiger partial charge in [-0.05, 0) is 6.07 Å². The summed E-state index contributed by atoms with van der Waals surface area (Å²) in [5.74, 6) is -1.22. The van der Waals surface area contributed by atoms with Crippen LogP contribution in [0.25, 0.3) is 0 Å². The van der Waals surface area contributed by atoms with Crippen molar-refractivity contribution in [2.75, 3.05) is 4.72 Å². The van der Waals surface area contributed by atoms with Gasteiger partial charge in [0.05, 0.1) is 11.9 Å². The Hall–Kier alpha value is -2.29. The van der Waals surface area contributed by atoms with Gasteiger partial charge >= 0.3 is 5.97 Å². The molecule has 9 heteroatoms. The number of H-pyrrole nitrogens is 1. The molecule has 0 saturated carbocycles. The Bertz CT molecular complexity index is 685. The summed E-state index contributed by atoms with van der Waals surface area (Å²) < 4.78 is 27.5. The second kappa shape index (κ2) is 4.18. The lowest BCUT2D eigenvalue weighted by atomic mass is 10.4. The topological polar surface area (TPSA) is 117 Å². The number of aromatic amines is 1. The molecule has 0 fully saturated rings. The molecule has 0 aliphatic rings. The highest BCUT2D eigenvalue weighted by Gasteiger charge is 2.18. The van der Waals surface area contributed by atoms with Crippen molar-refractivity contribution in [2.24, 2.45) is 7.05 Å². The zero-order chi connectivity index (χ0) is 13.3. The molecule has 0 aromatic carbocycles. The van der Waals surface area contributed by atoms with E-state index in [1.165, 1.54) is 17.1 Å². The number of nitrogens with one attached hydrogen (secondary N) is 2. The molecule has 2 aromatic heterocycles. The molecule has 0 aliphatic heterocycles. The minimum absolute atomic E-state index is 0.149. The van der Waals surface area contributed by atoms with Crippen LogP contribution in [-0.2, 0) is 17.1 Å². The van der Waals surface area contributed by atoms with E-state index in [1.807, 2.05) is 0 Å². The zero-order valence-corrected chi connectivity index (χ0v) is 10.1. The molecule has 0 unspecified atom stereocenters. The number of aromatic carboxylic acids is 1. The normalized spacial score (nSPS) is 11.4.